The molecule has 98 valence electrons. The van der Waals surface area contributed by atoms with E-state index in [0.717, 1.165) is 13.0 Å². The molecular formula is C13H18N2O3. The Morgan fingerprint density at radius 1 is 1.56 bits per heavy atom. The van der Waals surface area contributed by atoms with Gasteiger partial charge in [-0.1, -0.05) is 0 Å². The third-order valence-electron chi connectivity index (χ3n) is 3.06. The molecule has 1 aliphatic rings. The molecule has 0 radical (unpaired) electrons. The molecule has 0 amide bonds. The second kappa shape index (κ2) is 5.82. The molecule has 0 bridgehead atoms. The van der Waals surface area contributed by atoms with Crippen LogP contribution in [0.4, 0.5) is 0 Å². The van der Waals surface area contributed by atoms with Crippen LogP contribution in [0.1, 0.15) is 28.9 Å². The van der Waals surface area contributed by atoms with Crippen LogP contribution in [0.15, 0.2) is 12.1 Å². The van der Waals surface area contributed by atoms with Gasteiger partial charge in [-0.15, -0.1) is 0 Å². The molecular weight excluding hydrogens is 232 g/mol. The van der Waals surface area contributed by atoms with Crippen LogP contribution in [0.3, 0.4) is 0 Å². The van der Waals surface area contributed by atoms with Crippen LogP contribution < -0.4 is 10.1 Å². The van der Waals surface area contributed by atoms with Crippen molar-refractivity contribution < 1.29 is 14.3 Å². The van der Waals surface area contributed by atoms with E-state index in [2.05, 4.69) is 15.0 Å². The van der Waals surface area contributed by atoms with Gasteiger partial charge in [-0.25, -0.2) is 9.78 Å². The number of aromatic nitrogens is 1. The fourth-order valence-corrected chi connectivity index (χ4v) is 2.03. The Balaban J connectivity index is 1.97. The van der Waals surface area contributed by atoms with E-state index in [1.54, 1.807) is 19.1 Å². The van der Waals surface area contributed by atoms with Gasteiger partial charge in [-0.2, -0.15) is 0 Å². The number of rotatable bonds is 4. The van der Waals surface area contributed by atoms with Crippen molar-refractivity contribution in [1.29, 1.82) is 0 Å². The first-order valence-corrected chi connectivity index (χ1v) is 6.13. The standard InChI is InChI=1S/C13H18N2O3/c1-9-11(13(16)17-2)5-6-12(15-9)18-8-10-4-3-7-14-10/h5-6,10,14H,3-4,7-8H2,1-2H3. The summed E-state index contributed by atoms with van der Waals surface area (Å²) in [5.41, 5.74) is 1.10. The van der Waals surface area contributed by atoms with E-state index in [0.29, 0.717) is 29.8 Å². The number of esters is 1. The van der Waals surface area contributed by atoms with E-state index in [1.165, 1.54) is 13.5 Å². The maximum atomic E-state index is 11.4. The van der Waals surface area contributed by atoms with Gasteiger partial charge >= 0.3 is 5.97 Å². The lowest BCUT2D eigenvalue weighted by molar-refractivity contribution is 0.0599. The Hall–Kier alpha value is -1.62. The molecule has 0 aromatic carbocycles. The number of hydrogen-bond acceptors (Lipinski definition) is 5. The Morgan fingerprint density at radius 2 is 2.39 bits per heavy atom. The minimum Gasteiger partial charge on any atom is -0.476 e. The molecule has 2 rings (SSSR count). The summed E-state index contributed by atoms with van der Waals surface area (Å²) in [6.45, 7) is 3.44. The number of methoxy groups -OCH3 is 1. The molecule has 1 atom stereocenters. The molecule has 1 N–H and O–H groups in total. The summed E-state index contributed by atoms with van der Waals surface area (Å²) in [5, 5.41) is 3.35. The molecule has 2 heterocycles. The number of carbonyl (C=O) groups is 1. The number of nitrogens with zero attached hydrogens (tertiary/aromatic N) is 1. The number of nitrogens with one attached hydrogen (secondary N) is 1. The highest BCUT2D eigenvalue weighted by atomic mass is 16.5. The molecule has 18 heavy (non-hydrogen) atoms. The Bertz CT molecular complexity index is 428. The van der Waals surface area contributed by atoms with Gasteiger partial charge in [0.15, 0.2) is 0 Å². The molecule has 0 saturated carbocycles. The minimum atomic E-state index is -0.371. The summed E-state index contributed by atoms with van der Waals surface area (Å²) < 4.78 is 10.3. The summed E-state index contributed by atoms with van der Waals surface area (Å²) >= 11 is 0. The first kappa shape index (κ1) is 12.8. The van der Waals surface area contributed by atoms with Crippen molar-refractivity contribution >= 4 is 5.97 Å². The highest BCUT2D eigenvalue weighted by Gasteiger charge is 2.15. The summed E-state index contributed by atoms with van der Waals surface area (Å²) in [6, 6.07) is 3.80. The van der Waals surface area contributed by atoms with Gasteiger partial charge in [0.2, 0.25) is 5.88 Å². The fourth-order valence-electron chi connectivity index (χ4n) is 2.03. The number of pyridine rings is 1. The van der Waals surface area contributed by atoms with Gasteiger partial charge in [0.1, 0.15) is 6.61 Å². The number of carbonyl (C=O) groups excluding carboxylic acids is 1. The molecule has 1 saturated heterocycles. The van der Waals surface area contributed by atoms with Crippen molar-refractivity contribution in [2.45, 2.75) is 25.8 Å². The predicted molar refractivity (Wildman–Crippen MR) is 66.8 cm³/mol. The van der Waals surface area contributed by atoms with Gasteiger partial charge in [0.25, 0.3) is 0 Å². The second-order valence-corrected chi connectivity index (χ2v) is 4.38. The molecule has 1 aromatic heterocycles. The third-order valence-corrected chi connectivity index (χ3v) is 3.06. The van der Waals surface area contributed by atoms with Crippen LogP contribution in [-0.2, 0) is 4.74 Å². The zero-order valence-electron chi connectivity index (χ0n) is 10.7. The van der Waals surface area contributed by atoms with Crippen molar-refractivity contribution in [3.63, 3.8) is 0 Å². The van der Waals surface area contributed by atoms with E-state index >= 15 is 0 Å². The maximum absolute atomic E-state index is 11.4. The van der Waals surface area contributed by atoms with Gasteiger partial charge < -0.3 is 14.8 Å². The molecule has 1 fully saturated rings. The van der Waals surface area contributed by atoms with Crippen molar-refractivity contribution in [1.82, 2.24) is 10.3 Å². The Morgan fingerprint density at radius 3 is 3.00 bits per heavy atom. The molecule has 0 spiro atoms. The van der Waals surface area contributed by atoms with Gasteiger partial charge in [0, 0.05) is 12.1 Å². The van der Waals surface area contributed by atoms with Gasteiger partial charge in [-0.3, -0.25) is 0 Å². The maximum Gasteiger partial charge on any atom is 0.339 e. The predicted octanol–water partition coefficient (Wildman–Crippen LogP) is 1.31. The van der Waals surface area contributed by atoms with E-state index < -0.39 is 0 Å². The molecule has 1 unspecified atom stereocenters. The zero-order chi connectivity index (χ0) is 13.0. The van der Waals surface area contributed by atoms with E-state index in [9.17, 15) is 4.79 Å². The van der Waals surface area contributed by atoms with Crippen molar-refractivity contribution in [3.8, 4) is 5.88 Å². The lowest BCUT2D eigenvalue weighted by atomic mass is 10.2. The Labute approximate surface area is 107 Å². The van der Waals surface area contributed by atoms with Gasteiger partial charge in [-0.05, 0) is 32.4 Å². The van der Waals surface area contributed by atoms with E-state index in [4.69, 9.17) is 4.74 Å². The normalized spacial score (nSPS) is 18.7. The monoisotopic (exact) mass is 250 g/mol. The average Bonchev–Trinajstić information content (AvgIpc) is 2.88. The van der Waals surface area contributed by atoms with Crippen molar-refractivity contribution in [2.75, 3.05) is 20.3 Å². The number of hydrogen-bond donors (Lipinski definition) is 1. The van der Waals surface area contributed by atoms with Crippen LogP contribution in [-0.4, -0.2) is 37.3 Å². The van der Waals surface area contributed by atoms with Crippen LogP contribution in [0.2, 0.25) is 0 Å². The molecule has 1 aliphatic heterocycles. The van der Waals surface area contributed by atoms with Crippen LogP contribution in [0.25, 0.3) is 0 Å². The molecule has 0 aliphatic carbocycles. The third kappa shape index (κ3) is 2.98. The average molecular weight is 250 g/mol. The summed E-state index contributed by atoms with van der Waals surface area (Å²) in [7, 11) is 1.36. The van der Waals surface area contributed by atoms with Crippen molar-refractivity contribution in [2.24, 2.45) is 0 Å². The number of aryl methyl sites for hydroxylation is 1. The van der Waals surface area contributed by atoms with Crippen LogP contribution >= 0.6 is 0 Å². The first-order chi connectivity index (χ1) is 8.70. The van der Waals surface area contributed by atoms with E-state index in [-0.39, 0.29) is 5.97 Å². The van der Waals surface area contributed by atoms with Crippen LogP contribution in [0.5, 0.6) is 5.88 Å². The smallest absolute Gasteiger partial charge is 0.339 e. The molecule has 5 nitrogen and oxygen atoms in total. The topological polar surface area (TPSA) is 60.5 Å². The quantitative estimate of drug-likeness (QED) is 0.816. The Kier molecular flexibility index (Phi) is 4.15. The largest absolute Gasteiger partial charge is 0.476 e. The minimum absolute atomic E-state index is 0.371. The lowest BCUT2D eigenvalue weighted by Crippen LogP contribution is -2.28. The lowest BCUT2D eigenvalue weighted by Gasteiger charge is -2.12. The number of ether oxygens (including phenoxy) is 2. The fraction of sp³-hybridized carbons (Fsp3) is 0.538. The van der Waals surface area contributed by atoms with Crippen molar-refractivity contribution in [3.05, 3.63) is 23.4 Å². The SMILES string of the molecule is COC(=O)c1ccc(OCC2CCCN2)nc1C. The summed E-state index contributed by atoms with van der Waals surface area (Å²) in [6.07, 6.45) is 2.33. The summed E-state index contributed by atoms with van der Waals surface area (Å²) in [4.78, 5) is 15.7. The first-order valence-electron chi connectivity index (χ1n) is 6.13. The van der Waals surface area contributed by atoms with Crippen LogP contribution in [0, 0.1) is 6.92 Å². The molecule has 1 aromatic rings. The second-order valence-electron chi connectivity index (χ2n) is 4.38. The van der Waals surface area contributed by atoms with E-state index in [1.807, 2.05) is 0 Å². The molecule has 5 heteroatoms. The summed E-state index contributed by atoms with van der Waals surface area (Å²) in [5.74, 6) is 0.179. The highest BCUT2D eigenvalue weighted by Crippen LogP contribution is 2.14. The highest BCUT2D eigenvalue weighted by molar-refractivity contribution is 5.90. The van der Waals surface area contributed by atoms with Gasteiger partial charge in [0.05, 0.1) is 18.4 Å². The zero-order valence-corrected chi connectivity index (χ0v) is 10.7.